The van der Waals surface area contributed by atoms with Crippen molar-refractivity contribution in [2.75, 3.05) is 5.32 Å². The summed E-state index contributed by atoms with van der Waals surface area (Å²) in [5.41, 5.74) is 3.02. The molecular weight excluding hydrogens is 322 g/mol. The molecule has 0 spiro atoms. The first-order valence-corrected chi connectivity index (χ1v) is 9.04. The van der Waals surface area contributed by atoms with Gasteiger partial charge >= 0.3 is 5.97 Å². The molecule has 0 saturated carbocycles. The summed E-state index contributed by atoms with van der Waals surface area (Å²) >= 11 is 1.50. The monoisotopic (exact) mass is 343 g/mol. The lowest BCUT2D eigenvalue weighted by Gasteiger charge is -2.13. The standard InChI is InChI=1S/C19H21NO3S/c1-12-6-5-8-15(10-12)20-18(21)13(2)23-19(22)17-11-14-7-3-4-9-16(14)24-17/h5-6,8,10-11,13H,3-4,7,9H2,1-2H3,(H,20,21)/t13-/m0/s1. The van der Waals surface area contributed by atoms with E-state index >= 15 is 0 Å². The summed E-state index contributed by atoms with van der Waals surface area (Å²) in [6.45, 7) is 3.55. The third-order valence-corrected chi connectivity index (χ3v) is 5.35. The SMILES string of the molecule is Cc1cccc(NC(=O)[C@H](C)OC(=O)c2cc3c(s2)CCCC3)c1. The fourth-order valence-corrected chi connectivity index (χ4v) is 3.97. The molecule has 5 heteroatoms. The number of hydrogen-bond donors (Lipinski definition) is 1. The van der Waals surface area contributed by atoms with Gasteiger partial charge in [0.1, 0.15) is 4.88 Å². The number of carbonyl (C=O) groups is 2. The molecule has 0 bridgehead atoms. The number of fused-ring (bicyclic) bond motifs is 1. The van der Waals surface area contributed by atoms with Crippen LogP contribution in [0, 0.1) is 6.92 Å². The molecule has 1 aliphatic carbocycles. The van der Waals surface area contributed by atoms with Gasteiger partial charge in [0.05, 0.1) is 0 Å². The smallest absolute Gasteiger partial charge is 0.349 e. The van der Waals surface area contributed by atoms with Gasteiger partial charge in [0.25, 0.3) is 5.91 Å². The minimum absolute atomic E-state index is 0.324. The van der Waals surface area contributed by atoms with E-state index in [0.29, 0.717) is 10.6 Å². The summed E-state index contributed by atoms with van der Waals surface area (Å²) in [5.74, 6) is -0.739. The Kier molecular flexibility index (Phi) is 5.00. The number of rotatable bonds is 4. The van der Waals surface area contributed by atoms with Gasteiger partial charge in [-0.15, -0.1) is 11.3 Å². The Labute approximate surface area is 145 Å². The molecule has 2 aromatic rings. The van der Waals surface area contributed by atoms with Crippen molar-refractivity contribution in [1.29, 1.82) is 0 Å². The number of esters is 1. The van der Waals surface area contributed by atoms with Gasteiger partial charge in [-0.3, -0.25) is 4.79 Å². The predicted molar refractivity (Wildman–Crippen MR) is 95.6 cm³/mol. The molecule has 0 aliphatic heterocycles. The van der Waals surface area contributed by atoms with E-state index in [0.717, 1.165) is 18.4 Å². The zero-order valence-corrected chi connectivity index (χ0v) is 14.7. The van der Waals surface area contributed by atoms with Crippen LogP contribution in [0.15, 0.2) is 30.3 Å². The molecule has 1 N–H and O–H groups in total. The molecule has 1 atom stereocenters. The van der Waals surface area contributed by atoms with Gasteiger partial charge < -0.3 is 10.1 Å². The van der Waals surface area contributed by atoms with E-state index in [1.54, 1.807) is 6.92 Å². The van der Waals surface area contributed by atoms with E-state index in [4.69, 9.17) is 4.74 Å². The van der Waals surface area contributed by atoms with Crippen molar-refractivity contribution in [3.8, 4) is 0 Å². The number of carbonyl (C=O) groups excluding carboxylic acids is 2. The maximum atomic E-state index is 12.3. The molecule has 1 aromatic heterocycles. The molecule has 3 rings (SSSR count). The van der Waals surface area contributed by atoms with E-state index in [9.17, 15) is 9.59 Å². The third kappa shape index (κ3) is 3.85. The Morgan fingerprint density at radius 2 is 2.00 bits per heavy atom. The van der Waals surface area contributed by atoms with Crippen molar-refractivity contribution in [3.05, 3.63) is 51.2 Å². The van der Waals surface area contributed by atoms with Crippen LogP contribution in [0.5, 0.6) is 0 Å². The average molecular weight is 343 g/mol. The van der Waals surface area contributed by atoms with E-state index in [1.165, 1.54) is 34.6 Å². The fraction of sp³-hybridized carbons (Fsp3) is 0.368. The van der Waals surface area contributed by atoms with E-state index in [2.05, 4.69) is 5.32 Å². The van der Waals surface area contributed by atoms with Crippen molar-refractivity contribution >= 4 is 28.9 Å². The van der Waals surface area contributed by atoms with Crippen molar-refractivity contribution in [2.24, 2.45) is 0 Å². The number of amides is 1. The first-order chi connectivity index (χ1) is 11.5. The summed E-state index contributed by atoms with van der Waals surface area (Å²) in [5, 5.41) is 2.78. The minimum Gasteiger partial charge on any atom is -0.448 e. The second-order valence-electron chi connectivity index (χ2n) is 6.17. The second kappa shape index (κ2) is 7.18. The summed E-state index contributed by atoms with van der Waals surface area (Å²) in [7, 11) is 0. The van der Waals surface area contributed by atoms with E-state index < -0.39 is 12.1 Å². The maximum absolute atomic E-state index is 12.3. The van der Waals surface area contributed by atoms with Crippen molar-refractivity contribution < 1.29 is 14.3 Å². The highest BCUT2D eigenvalue weighted by molar-refractivity contribution is 7.14. The molecule has 1 aliphatic rings. The van der Waals surface area contributed by atoms with Crippen LogP contribution in [0.1, 0.15) is 45.4 Å². The molecule has 1 amide bonds. The summed E-state index contributed by atoms with van der Waals surface area (Å²) in [6, 6.07) is 9.44. The lowest BCUT2D eigenvalue weighted by Crippen LogP contribution is -2.29. The summed E-state index contributed by atoms with van der Waals surface area (Å²) in [4.78, 5) is 26.4. The zero-order chi connectivity index (χ0) is 17.1. The summed E-state index contributed by atoms with van der Waals surface area (Å²) in [6.07, 6.45) is 3.58. The van der Waals surface area contributed by atoms with Crippen molar-refractivity contribution in [1.82, 2.24) is 0 Å². The molecule has 0 saturated heterocycles. The molecule has 0 radical (unpaired) electrons. The largest absolute Gasteiger partial charge is 0.448 e. The Morgan fingerprint density at radius 1 is 1.21 bits per heavy atom. The van der Waals surface area contributed by atoms with E-state index in [1.807, 2.05) is 37.3 Å². The molecule has 126 valence electrons. The molecule has 24 heavy (non-hydrogen) atoms. The molecule has 1 heterocycles. The first kappa shape index (κ1) is 16.7. The van der Waals surface area contributed by atoms with Crippen LogP contribution in [0.4, 0.5) is 5.69 Å². The van der Waals surface area contributed by atoms with Crippen LogP contribution in [0.2, 0.25) is 0 Å². The molecule has 1 aromatic carbocycles. The highest BCUT2D eigenvalue weighted by Crippen LogP contribution is 2.30. The van der Waals surface area contributed by atoms with Gasteiger partial charge in [-0.2, -0.15) is 0 Å². The Balaban J connectivity index is 1.61. The van der Waals surface area contributed by atoms with Crippen LogP contribution in [-0.4, -0.2) is 18.0 Å². The van der Waals surface area contributed by atoms with Gasteiger partial charge in [-0.1, -0.05) is 12.1 Å². The quantitative estimate of drug-likeness (QED) is 0.850. The minimum atomic E-state index is -0.836. The number of anilines is 1. The number of aryl methyl sites for hydroxylation is 3. The van der Waals surface area contributed by atoms with E-state index in [-0.39, 0.29) is 5.91 Å². The average Bonchev–Trinajstić information content (AvgIpc) is 2.99. The normalized spacial score (nSPS) is 14.6. The highest BCUT2D eigenvalue weighted by Gasteiger charge is 2.22. The number of benzene rings is 1. The van der Waals surface area contributed by atoms with Gasteiger partial charge in [-0.25, -0.2) is 4.79 Å². The van der Waals surface area contributed by atoms with Crippen LogP contribution in [0.25, 0.3) is 0 Å². The predicted octanol–water partition coefficient (Wildman–Crippen LogP) is 4.12. The lowest BCUT2D eigenvalue weighted by molar-refractivity contribution is -0.123. The van der Waals surface area contributed by atoms with Crippen molar-refractivity contribution in [2.45, 2.75) is 45.6 Å². The van der Waals surface area contributed by atoms with Crippen LogP contribution in [-0.2, 0) is 22.4 Å². The molecule has 0 fully saturated rings. The topological polar surface area (TPSA) is 55.4 Å². The van der Waals surface area contributed by atoms with Crippen LogP contribution >= 0.6 is 11.3 Å². The number of nitrogens with one attached hydrogen (secondary N) is 1. The third-order valence-electron chi connectivity index (χ3n) is 4.14. The van der Waals surface area contributed by atoms with Gasteiger partial charge in [0, 0.05) is 10.6 Å². The lowest BCUT2D eigenvalue weighted by atomic mass is 9.99. The Morgan fingerprint density at radius 3 is 2.75 bits per heavy atom. The molecule has 0 unspecified atom stereocenters. The maximum Gasteiger partial charge on any atom is 0.349 e. The number of thiophene rings is 1. The van der Waals surface area contributed by atoms with Crippen molar-refractivity contribution in [3.63, 3.8) is 0 Å². The number of hydrogen-bond acceptors (Lipinski definition) is 4. The van der Waals surface area contributed by atoms with Gasteiger partial charge in [-0.05, 0) is 68.9 Å². The van der Waals surface area contributed by atoms with Gasteiger partial charge in [0.2, 0.25) is 0 Å². The Hall–Kier alpha value is -2.14. The Bertz CT molecular complexity index is 742. The first-order valence-electron chi connectivity index (χ1n) is 8.23. The fourth-order valence-electron chi connectivity index (χ4n) is 2.83. The van der Waals surface area contributed by atoms with Crippen LogP contribution < -0.4 is 5.32 Å². The molecular formula is C19H21NO3S. The second-order valence-corrected chi connectivity index (χ2v) is 7.31. The zero-order valence-electron chi connectivity index (χ0n) is 13.9. The molecule has 4 nitrogen and oxygen atoms in total. The summed E-state index contributed by atoms with van der Waals surface area (Å²) < 4.78 is 5.34. The highest BCUT2D eigenvalue weighted by atomic mass is 32.1. The number of ether oxygens (including phenoxy) is 1. The van der Waals surface area contributed by atoms with Gasteiger partial charge in [0.15, 0.2) is 6.10 Å². The van der Waals surface area contributed by atoms with Crippen LogP contribution in [0.3, 0.4) is 0 Å².